The van der Waals surface area contributed by atoms with Crippen LogP contribution in [0.3, 0.4) is 0 Å². The van der Waals surface area contributed by atoms with Crippen LogP contribution in [0.5, 0.6) is 0 Å². The Kier molecular flexibility index (Phi) is 7.57. The smallest absolute Gasteiger partial charge is 0.227 e. The van der Waals surface area contributed by atoms with Crippen molar-refractivity contribution in [3.8, 4) is 0 Å². The Morgan fingerprint density at radius 1 is 1.45 bits per heavy atom. The number of rotatable bonds is 10. The Morgan fingerprint density at radius 3 is 2.95 bits per heavy atom. The fourth-order valence-corrected chi connectivity index (χ4v) is 1.53. The number of nitrogens with one attached hydrogen (secondary N) is 1. The fraction of sp³-hybridized carbons (Fsp3) is 0.643. The van der Waals surface area contributed by atoms with Crippen LogP contribution in [0, 0.1) is 0 Å². The first-order valence-electron chi connectivity index (χ1n) is 6.92. The number of amides is 1. The van der Waals surface area contributed by atoms with Crippen molar-refractivity contribution in [2.75, 3.05) is 19.8 Å². The van der Waals surface area contributed by atoms with E-state index in [1.54, 1.807) is 0 Å². The highest BCUT2D eigenvalue weighted by atomic mass is 16.5. The van der Waals surface area contributed by atoms with Crippen LogP contribution >= 0.6 is 0 Å². The number of aryl methyl sites for hydroxylation is 2. The Bertz CT molecular complexity index is 429. The maximum atomic E-state index is 11.6. The zero-order valence-electron chi connectivity index (χ0n) is 12.3. The Balaban J connectivity index is 2.11. The molecular formula is C14H23N3O3. The molecular weight excluding hydrogens is 258 g/mol. The van der Waals surface area contributed by atoms with E-state index in [1.807, 2.05) is 6.92 Å². The van der Waals surface area contributed by atoms with Crippen LogP contribution in [0.4, 0.5) is 0 Å². The molecule has 1 rings (SSSR count). The van der Waals surface area contributed by atoms with Crippen molar-refractivity contribution in [3.05, 3.63) is 23.9 Å². The zero-order chi connectivity index (χ0) is 14.8. The Labute approximate surface area is 119 Å². The van der Waals surface area contributed by atoms with E-state index in [1.165, 1.54) is 0 Å². The highest BCUT2D eigenvalue weighted by Crippen LogP contribution is 2.02. The summed E-state index contributed by atoms with van der Waals surface area (Å²) in [6.45, 7) is 9.19. The van der Waals surface area contributed by atoms with Gasteiger partial charge in [0.2, 0.25) is 11.8 Å². The molecule has 0 unspecified atom stereocenters. The third-order valence-corrected chi connectivity index (χ3v) is 2.47. The molecule has 1 N–H and O–H groups in total. The van der Waals surface area contributed by atoms with Gasteiger partial charge in [-0.05, 0) is 13.3 Å². The number of hydrogen-bond acceptors (Lipinski definition) is 5. The summed E-state index contributed by atoms with van der Waals surface area (Å²) < 4.78 is 10.3. The van der Waals surface area contributed by atoms with E-state index in [9.17, 15) is 4.79 Å². The molecule has 0 spiro atoms. The highest BCUT2D eigenvalue weighted by molar-refractivity contribution is 5.75. The molecule has 0 bridgehead atoms. The minimum absolute atomic E-state index is 0.0424. The molecule has 0 saturated heterocycles. The first-order chi connectivity index (χ1) is 9.61. The second kappa shape index (κ2) is 9.25. The van der Waals surface area contributed by atoms with E-state index in [-0.39, 0.29) is 5.91 Å². The van der Waals surface area contributed by atoms with Gasteiger partial charge in [-0.25, -0.2) is 0 Å². The fourth-order valence-electron chi connectivity index (χ4n) is 1.53. The molecule has 0 aromatic carbocycles. The van der Waals surface area contributed by atoms with Gasteiger partial charge in [0.15, 0.2) is 5.82 Å². The number of ether oxygens (including phenoxy) is 1. The molecule has 0 radical (unpaired) electrons. The highest BCUT2D eigenvalue weighted by Gasteiger charge is 2.08. The number of aromatic nitrogens is 2. The SMILES string of the molecule is C=C(C)COCCNC(=O)CCc1nc(CCC)no1. The number of carbonyl (C=O) groups excluding carboxylic acids is 1. The first-order valence-corrected chi connectivity index (χ1v) is 6.92. The number of carbonyl (C=O) groups is 1. The third kappa shape index (κ3) is 7.04. The average molecular weight is 281 g/mol. The van der Waals surface area contributed by atoms with Crippen molar-refractivity contribution < 1.29 is 14.1 Å². The van der Waals surface area contributed by atoms with Crippen molar-refractivity contribution in [2.45, 2.75) is 39.5 Å². The largest absolute Gasteiger partial charge is 0.375 e. The van der Waals surface area contributed by atoms with Crippen molar-refractivity contribution in [3.63, 3.8) is 0 Å². The quantitative estimate of drug-likeness (QED) is 0.521. The zero-order valence-corrected chi connectivity index (χ0v) is 12.3. The molecule has 6 nitrogen and oxygen atoms in total. The van der Waals surface area contributed by atoms with Crippen LogP contribution in [-0.2, 0) is 22.4 Å². The van der Waals surface area contributed by atoms with Gasteiger partial charge in [-0.2, -0.15) is 4.98 Å². The molecule has 0 saturated carbocycles. The standard InChI is InChI=1S/C14H23N3O3/c1-4-5-12-16-14(20-17-12)7-6-13(18)15-8-9-19-10-11(2)3/h2,4-10H2,1,3H3,(H,15,18). The van der Waals surface area contributed by atoms with Crippen LogP contribution in [0.2, 0.25) is 0 Å². The maximum Gasteiger partial charge on any atom is 0.227 e. The predicted molar refractivity (Wildman–Crippen MR) is 75.3 cm³/mol. The molecule has 6 heteroatoms. The van der Waals surface area contributed by atoms with E-state index >= 15 is 0 Å². The Morgan fingerprint density at radius 2 is 2.25 bits per heavy atom. The van der Waals surface area contributed by atoms with E-state index in [0.717, 1.165) is 18.4 Å². The maximum absolute atomic E-state index is 11.6. The van der Waals surface area contributed by atoms with E-state index < -0.39 is 0 Å². The lowest BCUT2D eigenvalue weighted by Crippen LogP contribution is -2.27. The molecule has 0 aliphatic heterocycles. The van der Waals surface area contributed by atoms with Crippen LogP contribution in [-0.4, -0.2) is 35.8 Å². The van der Waals surface area contributed by atoms with Crippen LogP contribution in [0.1, 0.15) is 38.4 Å². The summed E-state index contributed by atoms with van der Waals surface area (Å²) >= 11 is 0. The molecule has 1 aromatic heterocycles. The van der Waals surface area contributed by atoms with E-state index in [2.05, 4.69) is 29.0 Å². The van der Waals surface area contributed by atoms with E-state index in [0.29, 0.717) is 44.3 Å². The Hall–Kier alpha value is -1.69. The lowest BCUT2D eigenvalue weighted by molar-refractivity contribution is -0.121. The van der Waals surface area contributed by atoms with Crippen LogP contribution < -0.4 is 5.32 Å². The topological polar surface area (TPSA) is 77.2 Å². The van der Waals surface area contributed by atoms with Gasteiger partial charge in [-0.3, -0.25) is 4.79 Å². The second-order valence-corrected chi connectivity index (χ2v) is 4.71. The molecule has 1 aromatic rings. The molecule has 20 heavy (non-hydrogen) atoms. The third-order valence-electron chi connectivity index (χ3n) is 2.47. The monoisotopic (exact) mass is 281 g/mol. The molecule has 0 aliphatic carbocycles. The van der Waals surface area contributed by atoms with E-state index in [4.69, 9.17) is 9.26 Å². The predicted octanol–water partition coefficient (Wildman–Crippen LogP) is 1.66. The first kappa shape index (κ1) is 16.4. The molecule has 112 valence electrons. The molecule has 0 aliphatic rings. The number of nitrogens with zero attached hydrogens (tertiary/aromatic N) is 2. The van der Waals surface area contributed by atoms with Crippen molar-refractivity contribution in [2.24, 2.45) is 0 Å². The van der Waals surface area contributed by atoms with Gasteiger partial charge in [-0.1, -0.05) is 24.2 Å². The number of hydrogen-bond donors (Lipinski definition) is 1. The van der Waals surface area contributed by atoms with Gasteiger partial charge in [-0.15, -0.1) is 0 Å². The van der Waals surface area contributed by atoms with Gasteiger partial charge < -0.3 is 14.6 Å². The summed E-state index contributed by atoms with van der Waals surface area (Å²) in [5.41, 5.74) is 0.968. The molecule has 1 amide bonds. The summed E-state index contributed by atoms with van der Waals surface area (Å²) in [6.07, 6.45) is 2.59. The van der Waals surface area contributed by atoms with Gasteiger partial charge in [0.25, 0.3) is 0 Å². The van der Waals surface area contributed by atoms with Crippen molar-refractivity contribution >= 4 is 5.91 Å². The van der Waals surface area contributed by atoms with Gasteiger partial charge in [0.05, 0.1) is 13.2 Å². The summed E-state index contributed by atoms with van der Waals surface area (Å²) in [6, 6.07) is 0. The summed E-state index contributed by atoms with van der Waals surface area (Å²) in [5.74, 6) is 1.18. The van der Waals surface area contributed by atoms with Crippen molar-refractivity contribution in [1.82, 2.24) is 15.5 Å². The van der Waals surface area contributed by atoms with Gasteiger partial charge in [0, 0.05) is 25.8 Å². The van der Waals surface area contributed by atoms with Crippen LogP contribution in [0.15, 0.2) is 16.7 Å². The van der Waals surface area contributed by atoms with Crippen LogP contribution in [0.25, 0.3) is 0 Å². The van der Waals surface area contributed by atoms with Gasteiger partial charge in [0.1, 0.15) is 0 Å². The molecule has 0 atom stereocenters. The van der Waals surface area contributed by atoms with Crippen molar-refractivity contribution in [1.29, 1.82) is 0 Å². The lowest BCUT2D eigenvalue weighted by Gasteiger charge is -2.05. The molecule has 0 fully saturated rings. The van der Waals surface area contributed by atoms with Gasteiger partial charge >= 0.3 is 0 Å². The molecule has 1 heterocycles. The summed E-state index contributed by atoms with van der Waals surface area (Å²) in [7, 11) is 0. The normalized spacial score (nSPS) is 10.5. The summed E-state index contributed by atoms with van der Waals surface area (Å²) in [4.78, 5) is 15.8. The minimum atomic E-state index is -0.0424. The second-order valence-electron chi connectivity index (χ2n) is 4.71. The summed E-state index contributed by atoms with van der Waals surface area (Å²) in [5, 5.41) is 6.62. The minimum Gasteiger partial charge on any atom is -0.375 e. The average Bonchev–Trinajstić information content (AvgIpc) is 2.84. The lowest BCUT2D eigenvalue weighted by atomic mass is 10.3.